The minimum atomic E-state index is -0.448. The van der Waals surface area contributed by atoms with E-state index in [2.05, 4.69) is 10.3 Å². The predicted molar refractivity (Wildman–Crippen MR) is 79.3 cm³/mol. The topological polar surface area (TPSA) is 64.4 Å². The van der Waals surface area contributed by atoms with Crippen molar-refractivity contribution in [2.75, 3.05) is 6.61 Å². The molecule has 22 heavy (non-hydrogen) atoms. The van der Waals surface area contributed by atoms with Gasteiger partial charge < -0.3 is 14.5 Å². The number of aromatic nitrogens is 1. The lowest BCUT2D eigenvalue weighted by Crippen LogP contribution is -2.27. The summed E-state index contributed by atoms with van der Waals surface area (Å²) >= 11 is 0. The van der Waals surface area contributed by atoms with Crippen molar-refractivity contribution in [2.45, 2.75) is 33.2 Å². The van der Waals surface area contributed by atoms with Crippen LogP contribution in [0.3, 0.4) is 0 Å². The quantitative estimate of drug-likeness (QED) is 0.889. The van der Waals surface area contributed by atoms with Gasteiger partial charge in [0.1, 0.15) is 5.76 Å². The molecule has 0 aliphatic heterocycles. The minimum absolute atomic E-state index is 0.203. The molecule has 1 aromatic carbocycles. The Morgan fingerprint density at radius 3 is 2.86 bits per heavy atom. The minimum Gasteiger partial charge on any atom is -0.491 e. The molecule has 0 saturated carbocycles. The van der Waals surface area contributed by atoms with Gasteiger partial charge >= 0.3 is 0 Å². The van der Waals surface area contributed by atoms with E-state index in [1.54, 1.807) is 26.0 Å². The van der Waals surface area contributed by atoms with E-state index < -0.39 is 5.82 Å². The Bertz CT molecular complexity index is 655. The second-order valence-electron chi connectivity index (χ2n) is 4.80. The van der Waals surface area contributed by atoms with Crippen molar-refractivity contribution in [1.82, 2.24) is 10.3 Å². The van der Waals surface area contributed by atoms with E-state index in [4.69, 9.17) is 9.15 Å². The van der Waals surface area contributed by atoms with Gasteiger partial charge in [0.25, 0.3) is 5.91 Å². The van der Waals surface area contributed by atoms with Crippen LogP contribution in [0.25, 0.3) is 0 Å². The van der Waals surface area contributed by atoms with Gasteiger partial charge in [0.15, 0.2) is 23.7 Å². The molecule has 0 aliphatic carbocycles. The second-order valence-corrected chi connectivity index (χ2v) is 4.80. The first-order valence-corrected chi connectivity index (χ1v) is 7.22. The maximum absolute atomic E-state index is 13.9. The molecule has 1 amide bonds. The second kappa shape index (κ2) is 7.06. The Kier molecular flexibility index (Phi) is 5.14. The number of benzene rings is 1. The molecular weight excluding hydrogens is 287 g/mol. The van der Waals surface area contributed by atoms with E-state index in [0.29, 0.717) is 24.4 Å². The van der Waals surface area contributed by atoms with Crippen LogP contribution >= 0.6 is 0 Å². The number of oxazole rings is 1. The highest BCUT2D eigenvalue weighted by Gasteiger charge is 2.18. The molecule has 1 aromatic heterocycles. The van der Waals surface area contributed by atoms with Crippen LogP contribution in [-0.4, -0.2) is 17.5 Å². The molecule has 0 saturated heterocycles. The van der Waals surface area contributed by atoms with Crippen molar-refractivity contribution < 1.29 is 18.3 Å². The SMILES string of the molecule is CCOc1ccc([C@@H](C)NC(=O)c2ncoc2CC)cc1F. The third-order valence-corrected chi connectivity index (χ3v) is 3.28. The third-order valence-electron chi connectivity index (χ3n) is 3.28. The number of rotatable bonds is 6. The Morgan fingerprint density at radius 2 is 2.23 bits per heavy atom. The molecule has 1 heterocycles. The fourth-order valence-corrected chi connectivity index (χ4v) is 2.11. The molecule has 2 aromatic rings. The molecule has 2 rings (SSSR count). The lowest BCUT2D eigenvalue weighted by Gasteiger charge is -2.15. The summed E-state index contributed by atoms with van der Waals surface area (Å²) < 4.78 is 24.2. The number of carbonyl (C=O) groups is 1. The number of carbonyl (C=O) groups excluding carboxylic acids is 1. The number of nitrogens with zero attached hydrogens (tertiary/aromatic N) is 1. The highest BCUT2D eigenvalue weighted by atomic mass is 19.1. The number of nitrogens with one attached hydrogen (secondary N) is 1. The van der Waals surface area contributed by atoms with Crippen molar-refractivity contribution in [3.8, 4) is 5.75 Å². The van der Waals surface area contributed by atoms with E-state index in [1.807, 2.05) is 6.92 Å². The summed E-state index contributed by atoms with van der Waals surface area (Å²) in [7, 11) is 0. The maximum Gasteiger partial charge on any atom is 0.274 e. The van der Waals surface area contributed by atoms with Crippen LogP contribution < -0.4 is 10.1 Å². The smallest absolute Gasteiger partial charge is 0.274 e. The number of aryl methyl sites for hydroxylation is 1. The van der Waals surface area contributed by atoms with E-state index in [0.717, 1.165) is 0 Å². The van der Waals surface area contributed by atoms with Crippen LogP contribution in [0, 0.1) is 5.82 Å². The van der Waals surface area contributed by atoms with Gasteiger partial charge in [-0.15, -0.1) is 0 Å². The average Bonchev–Trinajstić information content (AvgIpc) is 2.98. The van der Waals surface area contributed by atoms with Crippen LogP contribution in [-0.2, 0) is 6.42 Å². The summed E-state index contributed by atoms with van der Waals surface area (Å²) in [6.45, 7) is 5.84. The van der Waals surface area contributed by atoms with Crippen molar-refractivity contribution in [2.24, 2.45) is 0 Å². The van der Waals surface area contributed by atoms with Gasteiger partial charge in [-0.25, -0.2) is 9.37 Å². The average molecular weight is 306 g/mol. The van der Waals surface area contributed by atoms with E-state index in [9.17, 15) is 9.18 Å². The molecule has 1 N–H and O–H groups in total. The molecule has 0 spiro atoms. The third kappa shape index (κ3) is 3.44. The molecule has 0 aliphatic rings. The Morgan fingerprint density at radius 1 is 1.45 bits per heavy atom. The van der Waals surface area contributed by atoms with Gasteiger partial charge in [-0.3, -0.25) is 4.79 Å². The van der Waals surface area contributed by atoms with Crippen LogP contribution in [0.5, 0.6) is 5.75 Å². The number of amides is 1. The zero-order valence-corrected chi connectivity index (χ0v) is 12.9. The van der Waals surface area contributed by atoms with E-state index in [1.165, 1.54) is 12.5 Å². The largest absolute Gasteiger partial charge is 0.491 e. The zero-order chi connectivity index (χ0) is 16.1. The van der Waals surface area contributed by atoms with Crippen LogP contribution in [0.1, 0.15) is 48.6 Å². The van der Waals surface area contributed by atoms with Crippen molar-refractivity contribution in [1.29, 1.82) is 0 Å². The molecule has 5 nitrogen and oxygen atoms in total. The molecule has 6 heteroatoms. The number of ether oxygens (including phenoxy) is 1. The first-order valence-electron chi connectivity index (χ1n) is 7.22. The zero-order valence-electron chi connectivity index (χ0n) is 12.9. The van der Waals surface area contributed by atoms with Gasteiger partial charge in [0.05, 0.1) is 12.6 Å². The van der Waals surface area contributed by atoms with E-state index >= 15 is 0 Å². The molecule has 0 bridgehead atoms. The standard InChI is InChI=1S/C16H19FN2O3/c1-4-13-15(18-9-22-13)16(20)19-10(3)11-6-7-14(21-5-2)12(17)8-11/h6-10H,4-5H2,1-3H3,(H,19,20)/t10-/m1/s1. The summed E-state index contributed by atoms with van der Waals surface area (Å²) in [6.07, 6.45) is 1.82. The molecule has 0 radical (unpaired) electrons. The number of hydrogen-bond donors (Lipinski definition) is 1. The molecule has 1 atom stereocenters. The Labute approximate surface area is 128 Å². The molecule has 118 valence electrons. The summed E-state index contributed by atoms with van der Waals surface area (Å²) in [5.74, 6) is -0.0550. The van der Waals surface area contributed by atoms with Gasteiger partial charge in [0.2, 0.25) is 0 Å². The number of halogens is 1. The highest BCUT2D eigenvalue weighted by Crippen LogP contribution is 2.22. The van der Waals surface area contributed by atoms with E-state index in [-0.39, 0.29) is 23.4 Å². The fraction of sp³-hybridized carbons (Fsp3) is 0.375. The van der Waals surface area contributed by atoms with Crippen LogP contribution in [0.15, 0.2) is 29.0 Å². The van der Waals surface area contributed by atoms with Gasteiger partial charge in [-0.2, -0.15) is 0 Å². The Hall–Kier alpha value is -2.37. The number of hydrogen-bond acceptors (Lipinski definition) is 4. The Balaban J connectivity index is 2.10. The summed E-state index contributed by atoms with van der Waals surface area (Å²) in [4.78, 5) is 16.1. The monoisotopic (exact) mass is 306 g/mol. The van der Waals surface area contributed by atoms with Gasteiger partial charge in [0, 0.05) is 6.42 Å². The van der Waals surface area contributed by atoms with Crippen molar-refractivity contribution in [3.05, 3.63) is 47.4 Å². The molecule has 0 unspecified atom stereocenters. The van der Waals surface area contributed by atoms with Crippen LogP contribution in [0.2, 0.25) is 0 Å². The molecular formula is C16H19FN2O3. The first kappa shape index (κ1) is 16.0. The van der Waals surface area contributed by atoms with Crippen LogP contribution in [0.4, 0.5) is 4.39 Å². The lowest BCUT2D eigenvalue weighted by molar-refractivity contribution is 0.0933. The van der Waals surface area contributed by atoms with Gasteiger partial charge in [-0.05, 0) is 31.5 Å². The highest BCUT2D eigenvalue weighted by molar-refractivity contribution is 5.93. The molecule has 0 fully saturated rings. The summed E-state index contributed by atoms with van der Waals surface area (Å²) in [6, 6.07) is 4.28. The summed E-state index contributed by atoms with van der Waals surface area (Å²) in [5.41, 5.74) is 0.914. The predicted octanol–water partition coefficient (Wildman–Crippen LogP) is 3.27. The van der Waals surface area contributed by atoms with Crippen molar-refractivity contribution in [3.63, 3.8) is 0 Å². The van der Waals surface area contributed by atoms with Gasteiger partial charge in [-0.1, -0.05) is 13.0 Å². The summed E-state index contributed by atoms with van der Waals surface area (Å²) in [5, 5.41) is 2.78. The lowest BCUT2D eigenvalue weighted by atomic mass is 10.1. The van der Waals surface area contributed by atoms with Crippen molar-refractivity contribution >= 4 is 5.91 Å². The normalized spacial score (nSPS) is 12.0. The maximum atomic E-state index is 13.9. The fourth-order valence-electron chi connectivity index (χ4n) is 2.11. The first-order chi connectivity index (χ1) is 10.6.